The van der Waals surface area contributed by atoms with Gasteiger partial charge in [-0.25, -0.2) is 0 Å². The van der Waals surface area contributed by atoms with Gasteiger partial charge in [0.1, 0.15) is 11.2 Å². The predicted octanol–water partition coefficient (Wildman–Crippen LogP) is 8.99. The Hall–Kier alpha value is -3.50. The molecule has 1 N–H and O–H groups in total. The van der Waals surface area contributed by atoms with Crippen LogP contribution in [0, 0.1) is 19.0 Å². The van der Waals surface area contributed by atoms with E-state index in [1.165, 1.54) is 61.8 Å². The summed E-state index contributed by atoms with van der Waals surface area (Å²) in [5, 5.41) is 14.8. The minimum absolute atomic E-state index is 0. The van der Waals surface area contributed by atoms with Crippen molar-refractivity contribution in [1.82, 2.24) is 0 Å². The molecule has 205 valence electrons. The summed E-state index contributed by atoms with van der Waals surface area (Å²) in [5.74, 6) is 0.517. The van der Waals surface area contributed by atoms with E-state index < -0.39 is 0 Å². The zero-order valence-corrected chi connectivity index (χ0v) is 26.3. The number of aliphatic hydroxyl groups is 1. The van der Waals surface area contributed by atoms with E-state index in [2.05, 4.69) is 110 Å². The first-order chi connectivity index (χ1) is 18.7. The van der Waals surface area contributed by atoms with Crippen molar-refractivity contribution < 1.29 is 34.6 Å². The van der Waals surface area contributed by atoms with E-state index in [0.29, 0.717) is 5.92 Å². The Kier molecular flexibility index (Phi) is 9.10. The minimum Gasteiger partial charge on any atom is -0.512 e. The van der Waals surface area contributed by atoms with Gasteiger partial charge in [-0.1, -0.05) is 79.4 Å². The Labute approximate surface area is 253 Å². The van der Waals surface area contributed by atoms with Crippen LogP contribution >= 0.6 is 11.3 Å². The number of thiophene rings is 1. The zero-order chi connectivity index (χ0) is 27.7. The normalized spacial score (nSPS) is 11.6. The van der Waals surface area contributed by atoms with Gasteiger partial charge >= 0.3 is 0 Å². The molecule has 0 fully saturated rings. The largest absolute Gasteiger partial charge is 0.512 e. The summed E-state index contributed by atoms with van der Waals surface area (Å²) in [4.78, 5) is 10.0. The van der Waals surface area contributed by atoms with Crippen molar-refractivity contribution in [3.05, 3.63) is 109 Å². The van der Waals surface area contributed by atoms with Gasteiger partial charge in [0, 0.05) is 37.9 Å². The van der Waals surface area contributed by atoms with Crippen molar-refractivity contribution in [2.24, 2.45) is 5.92 Å². The molecule has 6 aromatic rings. The third-order valence-electron chi connectivity index (χ3n) is 6.70. The van der Waals surface area contributed by atoms with E-state index in [-0.39, 0.29) is 31.6 Å². The standard InChI is InChI=1S/C30H24NS.C5H8O2.Ir/c1-19(2)16-20-17-25-24-10-6-7-11-29(24)32-30(25)26(18-20)28-15-13-23-22-9-5-4-8-21(22)12-14-27(23)31(28)3;1-4(6)3-5(2)7;/h4-15,17,19H,3,16H2,1-2H3;3,6H,1-2H3;/q-1;;/b;4-3-;. The van der Waals surface area contributed by atoms with Crippen molar-refractivity contribution >= 4 is 59.0 Å². The molecule has 5 heteroatoms. The number of carbonyl (C=O) groups is 1. The Balaban J connectivity index is 0.000000413. The second kappa shape index (κ2) is 12.3. The molecule has 0 aliphatic carbocycles. The molecule has 6 rings (SSSR count). The number of hydrogen-bond donors (Lipinski definition) is 1. The number of benzene rings is 4. The average molecular weight is 723 g/mol. The summed E-state index contributed by atoms with van der Waals surface area (Å²) in [6.07, 6.45) is 2.18. The van der Waals surface area contributed by atoms with Crippen molar-refractivity contribution in [2.45, 2.75) is 34.1 Å². The molecule has 4 aromatic carbocycles. The van der Waals surface area contributed by atoms with Crippen LogP contribution in [0.1, 0.15) is 33.3 Å². The van der Waals surface area contributed by atoms with Gasteiger partial charge in [0.25, 0.3) is 0 Å². The molecule has 2 aromatic heterocycles. The Morgan fingerprint density at radius 1 is 0.950 bits per heavy atom. The quantitative estimate of drug-likeness (QED) is 0.0649. The van der Waals surface area contributed by atoms with Crippen LogP contribution in [-0.2, 0) is 31.3 Å². The Bertz CT molecular complexity index is 1880. The van der Waals surface area contributed by atoms with Crippen molar-refractivity contribution in [3.8, 4) is 11.3 Å². The van der Waals surface area contributed by atoms with E-state index in [9.17, 15) is 4.79 Å². The van der Waals surface area contributed by atoms with Crippen LogP contribution in [0.3, 0.4) is 0 Å². The third kappa shape index (κ3) is 5.97. The van der Waals surface area contributed by atoms with E-state index in [0.717, 1.165) is 23.2 Å². The van der Waals surface area contributed by atoms with Gasteiger partial charge in [-0.3, -0.25) is 4.79 Å². The fourth-order valence-corrected chi connectivity index (χ4v) is 6.33. The topological polar surface area (TPSA) is 41.2 Å². The second-order valence-electron chi connectivity index (χ2n) is 10.4. The molecule has 0 bridgehead atoms. The number of nitrogens with zero attached hydrogens (tertiary/aromatic N) is 1. The molecule has 0 amide bonds. The molecule has 40 heavy (non-hydrogen) atoms. The summed E-state index contributed by atoms with van der Waals surface area (Å²) >= 11 is 1.86. The molecule has 0 unspecified atom stereocenters. The first-order valence-electron chi connectivity index (χ1n) is 13.1. The van der Waals surface area contributed by atoms with Crippen LogP contribution in [0.25, 0.3) is 53.1 Å². The molecule has 0 aliphatic heterocycles. The summed E-state index contributed by atoms with van der Waals surface area (Å²) in [6, 6.07) is 32.3. The van der Waals surface area contributed by atoms with E-state index in [1.54, 1.807) is 0 Å². The number of fused-ring (bicyclic) bond motifs is 6. The summed E-state index contributed by atoms with van der Waals surface area (Å²) in [6.45, 7) is 7.39. The van der Waals surface area contributed by atoms with Crippen LogP contribution in [0.4, 0.5) is 0 Å². The van der Waals surface area contributed by atoms with Crippen LogP contribution in [-0.4, -0.2) is 10.9 Å². The number of allylic oxidation sites excluding steroid dienone is 2. The number of ketones is 1. The number of carbonyl (C=O) groups excluding carboxylic acids is 1. The van der Waals surface area contributed by atoms with Crippen molar-refractivity contribution in [1.29, 1.82) is 0 Å². The number of aliphatic hydroxyl groups excluding tert-OH is 1. The molecule has 2 heterocycles. The van der Waals surface area contributed by atoms with Gasteiger partial charge in [0.15, 0.2) is 5.78 Å². The van der Waals surface area contributed by atoms with Gasteiger partial charge < -0.3 is 9.67 Å². The van der Waals surface area contributed by atoms with Gasteiger partial charge in [-0.15, -0.1) is 17.7 Å². The molecule has 0 spiro atoms. The number of hydrogen-bond acceptors (Lipinski definition) is 3. The average Bonchev–Trinajstić information content (AvgIpc) is 3.26. The molecule has 0 saturated carbocycles. The number of pyridine rings is 1. The van der Waals surface area contributed by atoms with E-state index in [1.807, 2.05) is 11.3 Å². The van der Waals surface area contributed by atoms with Crippen molar-refractivity contribution in [3.63, 3.8) is 0 Å². The maximum absolute atomic E-state index is 10.0. The van der Waals surface area contributed by atoms with Crippen LogP contribution in [0.2, 0.25) is 0 Å². The molecular formula is C35H32IrNO2S-. The molecule has 0 aliphatic rings. The van der Waals surface area contributed by atoms with Crippen molar-refractivity contribution in [2.75, 3.05) is 0 Å². The second-order valence-corrected chi connectivity index (χ2v) is 11.4. The fourth-order valence-electron chi connectivity index (χ4n) is 5.14. The maximum atomic E-state index is 10.0. The zero-order valence-electron chi connectivity index (χ0n) is 23.1. The minimum atomic E-state index is -0.125. The SMILES string of the molecule is CC(=O)/C=C(/C)O.[CH2-][n+]1c(-c2[c-]c(CC(C)C)cc3c2sc2ccccc23)ccc2c3ccccc3ccc21.[Ir]. The number of aromatic nitrogens is 1. The maximum Gasteiger partial charge on any atom is 0.155 e. The van der Waals surface area contributed by atoms with Gasteiger partial charge in [0.05, 0.1) is 5.76 Å². The molecule has 1 radical (unpaired) electrons. The van der Waals surface area contributed by atoms with Gasteiger partial charge in [0.2, 0.25) is 0 Å². The monoisotopic (exact) mass is 723 g/mol. The predicted molar refractivity (Wildman–Crippen MR) is 165 cm³/mol. The summed E-state index contributed by atoms with van der Waals surface area (Å²) in [5.41, 5.74) is 4.67. The summed E-state index contributed by atoms with van der Waals surface area (Å²) in [7, 11) is 4.48. The van der Waals surface area contributed by atoms with E-state index in [4.69, 9.17) is 5.11 Å². The smallest absolute Gasteiger partial charge is 0.155 e. The first kappa shape index (κ1) is 29.5. The molecule has 3 nitrogen and oxygen atoms in total. The van der Waals surface area contributed by atoms with Crippen LogP contribution < -0.4 is 4.57 Å². The van der Waals surface area contributed by atoms with Gasteiger partial charge in [-0.2, -0.15) is 11.3 Å². The molecule has 0 saturated heterocycles. The first-order valence-corrected chi connectivity index (χ1v) is 14.0. The Morgan fingerprint density at radius 3 is 2.33 bits per heavy atom. The fraction of sp³-hybridized carbons (Fsp3) is 0.171. The third-order valence-corrected chi connectivity index (χ3v) is 7.90. The molecular weight excluding hydrogens is 691 g/mol. The summed E-state index contributed by atoms with van der Waals surface area (Å²) < 4.78 is 4.70. The van der Waals surface area contributed by atoms with Gasteiger partial charge in [-0.05, 0) is 70.6 Å². The van der Waals surface area contributed by atoms with Crippen LogP contribution in [0.5, 0.6) is 0 Å². The number of rotatable bonds is 4. The Morgan fingerprint density at radius 2 is 1.65 bits per heavy atom. The van der Waals surface area contributed by atoms with E-state index >= 15 is 0 Å². The molecule has 0 atom stereocenters. The van der Waals surface area contributed by atoms with Crippen LogP contribution in [0.15, 0.2) is 90.7 Å².